The van der Waals surface area contributed by atoms with Crippen molar-refractivity contribution in [2.45, 2.75) is 22.3 Å². The van der Waals surface area contributed by atoms with Crippen LogP contribution in [0.3, 0.4) is 0 Å². The molecule has 5 rings (SSSR count). The number of benzene rings is 4. The number of nitrogens with one attached hydrogen (secondary N) is 1. The lowest BCUT2D eigenvalue weighted by Crippen LogP contribution is -2.57. The average molecular weight is 662 g/mol. The van der Waals surface area contributed by atoms with Crippen LogP contribution in [-0.2, 0) is 36.0 Å². The summed E-state index contributed by atoms with van der Waals surface area (Å²) in [5.41, 5.74) is 8.48. The maximum absolute atomic E-state index is 12.8. The number of nitrogens with two attached hydrogens (primary N) is 2. The third-order valence-corrected chi connectivity index (χ3v) is 9.62. The van der Waals surface area contributed by atoms with Crippen LogP contribution in [0.5, 0.6) is 0 Å². The standard InChI is InChI=1S/C32H31N5O7S2/c33-31(23-43-35-46(34,41)42)29(21-38)30(20-36(31)44-22-24-16-18-28(19-17-24)37(39)40)45-32(25-10-4-1-5-11-25,26-12-6-2-7-13-26)27-14-8-3-9-15-27/h1-19,30,35H,20,22-23,33H2,(H2,34,41,42)/t30-,31-/m1/s1. The first-order chi connectivity index (χ1) is 22.1. The van der Waals surface area contributed by atoms with Gasteiger partial charge in [-0.25, -0.2) is 9.93 Å². The van der Waals surface area contributed by atoms with Crippen molar-refractivity contribution in [3.63, 3.8) is 0 Å². The smallest absolute Gasteiger partial charge is 0.296 e. The van der Waals surface area contributed by atoms with Crippen molar-refractivity contribution in [3.05, 3.63) is 153 Å². The van der Waals surface area contributed by atoms with Crippen molar-refractivity contribution in [1.29, 1.82) is 0 Å². The molecule has 5 N–H and O–H groups in total. The summed E-state index contributed by atoms with van der Waals surface area (Å²) in [6.45, 7) is -0.545. The predicted molar refractivity (Wildman–Crippen MR) is 173 cm³/mol. The molecule has 0 radical (unpaired) electrons. The molecule has 0 spiro atoms. The second-order valence-electron chi connectivity index (χ2n) is 10.5. The number of hydroxylamine groups is 2. The van der Waals surface area contributed by atoms with E-state index in [4.69, 9.17) is 20.5 Å². The van der Waals surface area contributed by atoms with Gasteiger partial charge in [0.05, 0.1) is 27.1 Å². The van der Waals surface area contributed by atoms with E-state index in [-0.39, 0.29) is 24.4 Å². The van der Waals surface area contributed by atoms with E-state index in [0.717, 1.165) is 16.7 Å². The van der Waals surface area contributed by atoms with Crippen LogP contribution in [0.2, 0.25) is 0 Å². The highest BCUT2D eigenvalue weighted by molar-refractivity contribution is 8.01. The van der Waals surface area contributed by atoms with Gasteiger partial charge in [0, 0.05) is 18.7 Å². The highest BCUT2D eigenvalue weighted by Crippen LogP contribution is 2.53. The fraction of sp³-hybridized carbons (Fsp3) is 0.188. The highest BCUT2D eigenvalue weighted by atomic mass is 32.2. The molecule has 238 valence electrons. The molecule has 46 heavy (non-hydrogen) atoms. The molecule has 4 aromatic rings. The van der Waals surface area contributed by atoms with Gasteiger partial charge in [-0.3, -0.25) is 19.8 Å². The van der Waals surface area contributed by atoms with Gasteiger partial charge >= 0.3 is 0 Å². The van der Waals surface area contributed by atoms with Crippen molar-refractivity contribution in [1.82, 2.24) is 9.95 Å². The van der Waals surface area contributed by atoms with Gasteiger partial charge in [0.1, 0.15) is 12.5 Å². The quantitative estimate of drug-likeness (QED) is 0.0830. The van der Waals surface area contributed by atoms with E-state index >= 15 is 0 Å². The summed E-state index contributed by atoms with van der Waals surface area (Å²) in [6, 6.07) is 35.3. The lowest BCUT2D eigenvalue weighted by Gasteiger charge is -2.37. The van der Waals surface area contributed by atoms with Gasteiger partial charge in [-0.05, 0) is 34.4 Å². The van der Waals surface area contributed by atoms with Crippen molar-refractivity contribution in [3.8, 4) is 0 Å². The lowest BCUT2D eigenvalue weighted by atomic mass is 9.84. The van der Waals surface area contributed by atoms with E-state index in [0.29, 0.717) is 5.56 Å². The van der Waals surface area contributed by atoms with Gasteiger partial charge in [-0.1, -0.05) is 95.9 Å². The first kappa shape index (κ1) is 33.2. The number of hydrogen-bond acceptors (Lipinski definition) is 10. The van der Waals surface area contributed by atoms with Crippen molar-refractivity contribution < 1.29 is 27.8 Å². The van der Waals surface area contributed by atoms with Crippen LogP contribution in [0.1, 0.15) is 22.3 Å². The molecule has 1 saturated heterocycles. The summed E-state index contributed by atoms with van der Waals surface area (Å²) in [5, 5.41) is 16.9. The number of nitro groups is 1. The summed E-state index contributed by atoms with van der Waals surface area (Å²) in [7, 11) is -4.26. The van der Waals surface area contributed by atoms with Crippen LogP contribution in [0.15, 0.2) is 121 Å². The molecule has 0 aliphatic carbocycles. The summed E-state index contributed by atoms with van der Waals surface area (Å²) in [6.07, 6.45) is 0. The van der Waals surface area contributed by atoms with Gasteiger partial charge < -0.3 is 5.73 Å². The minimum Gasteiger partial charge on any atom is -0.305 e. The van der Waals surface area contributed by atoms with E-state index < -0.39 is 37.4 Å². The second-order valence-corrected chi connectivity index (χ2v) is 13.2. The monoisotopic (exact) mass is 661 g/mol. The fourth-order valence-corrected chi connectivity index (χ4v) is 7.46. The molecule has 0 saturated carbocycles. The average Bonchev–Trinajstić information content (AvgIpc) is 3.32. The Labute approximate surface area is 270 Å². The first-order valence-electron chi connectivity index (χ1n) is 14.0. The third-order valence-electron chi connectivity index (χ3n) is 7.54. The van der Waals surface area contributed by atoms with Crippen LogP contribution in [0, 0.1) is 10.1 Å². The molecule has 0 aromatic heterocycles. The van der Waals surface area contributed by atoms with E-state index in [1.807, 2.05) is 96.9 Å². The Kier molecular flexibility index (Phi) is 10.1. The zero-order chi connectivity index (χ0) is 32.8. The molecule has 1 heterocycles. The highest BCUT2D eigenvalue weighted by Gasteiger charge is 2.54. The number of nitrogens with zero attached hydrogens (tertiary/aromatic N) is 2. The summed E-state index contributed by atoms with van der Waals surface area (Å²) >= 11 is 1.47. The number of hydrogen-bond donors (Lipinski definition) is 3. The summed E-state index contributed by atoms with van der Waals surface area (Å²) in [5.74, 6) is 2.01. The Balaban J connectivity index is 1.56. The zero-order valence-corrected chi connectivity index (χ0v) is 26.0. The first-order valence-corrected chi connectivity index (χ1v) is 16.4. The molecule has 0 amide bonds. The molecule has 1 aliphatic rings. The molecule has 14 heteroatoms. The van der Waals surface area contributed by atoms with Crippen LogP contribution in [-0.4, -0.2) is 48.4 Å². The molecule has 0 bridgehead atoms. The number of thioether (sulfide) groups is 1. The minimum atomic E-state index is -4.26. The largest absolute Gasteiger partial charge is 0.305 e. The number of non-ortho nitro benzene ring substituents is 1. The number of carbonyl (C=O) groups excluding carboxylic acids is 1. The van der Waals surface area contributed by atoms with Crippen molar-refractivity contribution >= 4 is 33.6 Å². The minimum absolute atomic E-state index is 0.0652. The van der Waals surface area contributed by atoms with Gasteiger partial charge in [0.2, 0.25) is 0 Å². The van der Waals surface area contributed by atoms with Gasteiger partial charge in [0.25, 0.3) is 15.9 Å². The number of rotatable bonds is 13. The number of nitro benzene ring substituents is 1. The Morgan fingerprint density at radius 2 is 1.43 bits per heavy atom. The van der Waals surface area contributed by atoms with E-state index in [9.17, 15) is 23.3 Å². The van der Waals surface area contributed by atoms with Gasteiger partial charge in [-0.2, -0.15) is 13.5 Å². The maximum atomic E-state index is 12.8. The van der Waals surface area contributed by atoms with Crippen LogP contribution >= 0.6 is 11.8 Å². The molecule has 2 atom stereocenters. The third kappa shape index (κ3) is 7.11. The van der Waals surface area contributed by atoms with E-state index in [1.165, 1.54) is 29.0 Å². The molecule has 4 aromatic carbocycles. The predicted octanol–water partition coefficient (Wildman–Crippen LogP) is 3.57. The Hall–Kier alpha value is -4.21. The summed E-state index contributed by atoms with van der Waals surface area (Å²) in [4.78, 5) is 36.4. The lowest BCUT2D eigenvalue weighted by molar-refractivity contribution is -0.384. The molecule has 1 aliphatic heterocycles. The molecule has 1 fully saturated rings. The maximum Gasteiger partial charge on any atom is 0.296 e. The van der Waals surface area contributed by atoms with Crippen LogP contribution in [0.4, 0.5) is 5.69 Å². The Bertz CT molecular complexity index is 1710. The summed E-state index contributed by atoms with van der Waals surface area (Å²) < 4.78 is 22.3. The molecule has 12 nitrogen and oxygen atoms in total. The van der Waals surface area contributed by atoms with E-state index in [2.05, 4.69) is 0 Å². The molecular weight excluding hydrogens is 631 g/mol. The van der Waals surface area contributed by atoms with Crippen LogP contribution in [0.25, 0.3) is 0 Å². The Morgan fingerprint density at radius 3 is 1.87 bits per heavy atom. The van der Waals surface area contributed by atoms with Crippen molar-refractivity contribution in [2.75, 3.05) is 13.2 Å². The Morgan fingerprint density at radius 1 is 0.935 bits per heavy atom. The normalized spacial score (nSPS) is 18.7. The van der Waals surface area contributed by atoms with Gasteiger partial charge in [0.15, 0.2) is 5.66 Å². The zero-order valence-electron chi connectivity index (χ0n) is 24.4. The van der Waals surface area contributed by atoms with Crippen LogP contribution < -0.4 is 15.8 Å². The molecular formula is C32H31N5O7S2. The van der Waals surface area contributed by atoms with E-state index in [1.54, 1.807) is 17.0 Å². The second kappa shape index (κ2) is 14.1. The van der Waals surface area contributed by atoms with Gasteiger partial charge in [-0.15, -0.1) is 11.8 Å². The fourth-order valence-electron chi connectivity index (χ4n) is 5.41. The van der Waals surface area contributed by atoms with Crippen molar-refractivity contribution in [2.24, 2.45) is 10.9 Å². The SMILES string of the molecule is N[C@@]1(CONS(N)(=O)=O)C(=C=O)[C@H](SC(c2ccccc2)(c2ccccc2)c2ccccc2)CN1OCc1ccc([N+](=O)[O-])cc1. The molecule has 0 unspecified atom stereocenters. The topological polar surface area (TPSA) is 180 Å².